The van der Waals surface area contributed by atoms with Crippen molar-refractivity contribution >= 4 is 37.5 Å². The predicted octanol–water partition coefficient (Wildman–Crippen LogP) is 6.19. The van der Waals surface area contributed by atoms with Crippen LogP contribution < -0.4 is 15.0 Å². The molecular formula is C25H23BrN2O3S. The quantitative estimate of drug-likeness (QED) is 0.347. The van der Waals surface area contributed by atoms with Gasteiger partial charge in [-0.15, -0.1) is 11.3 Å². The van der Waals surface area contributed by atoms with Crippen LogP contribution in [-0.2, 0) is 19.4 Å². The van der Waals surface area contributed by atoms with Gasteiger partial charge in [0, 0.05) is 10.4 Å². The van der Waals surface area contributed by atoms with Crippen LogP contribution in [0.2, 0.25) is 0 Å². The number of ether oxygens (including phenoxy) is 2. The van der Waals surface area contributed by atoms with Gasteiger partial charge in [-0.2, -0.15) is 0 Å². The normalized spacial score (nSPS) is 13.2. The zero-order chi connectivity index (χ0) is 22.2. The number of thiophene rings is 1. The number of rotatable bonds is 5. The molecule has 2 aromatic heterocycles. The average molecular weight is 511 g/mol. The van der Waals surface area contributed by atoms with Gasteiger partial charge in [0.15, 0.2) is 11.5 Å². The smallest absolute Gasteiger partial charge is 0.260 e. The summed E-state index contributed by atoms with van der Waals surface area (Å²) in [5.74, 6) is 1.73. The molecule has 0 radical (unpaired) electrons. The van der Waals surface area contributed by atoms with E-state index in [0.717, 1.165) is 45.1 Å². The van der Waals surface area contributed by atoms with Crippen LogP contribution in [0, 0.1) is 6.92 Å². The minimum Gasteiger partial charge on any atom is -0.493 e. The Bertz CT molecular complexity index is 1380. The van der Waals surface area contributed by atoms with E-state index in [4.69, 9.17) is 14.5 Å². The summed E-state index contributed by atoms with van der Waals surface area (Å²) < 4.78 is 12.4. The van der Waals surface area contributed by atoms with Crippen LogP contribution in [0.15, 0.2) is 45.7 Å². The van der Waals surface area contributed by atoms with E-state index in [1.165, 1.54) is 22.4 Å². The first-order valence-corrected chi connectivity index (χ1v) is 12.2. The molecular weight excluding hydrogens is 488 g/mol. The number of H-pyrrole nitrogens is 1. The summed E-state index contributed by atoms with van der Waals surface area (Å²) in [6.07, 6.45) is 4.32. The van der Waals surface area contributed by atoms with Gasteiger partial charge in [-0.25, -0.2) is 4.98 Å². The monoisotopic (exact) mass is 510 g/mol. The van der Waals surface area contributed by atoms with Gasteiger partial charge in [-0.1, -0.05) is 29.8 Å². The average Bonchev–Trinajstić information content (AvgIpc) is 3.17. The molecule has 5 nitrogen and oxygen atoms in total. The summed E-state index contributed by atoms with van der Waals surface area (Å²) in [5.41, 5.74) is 4.16. The molecule has 4 aromatic rings. The van der Waals surface area contributed by atoms with Crippen molar-refractivity contribution in [2.75, 3.05) is 7.11 Å². The number of nitrogens with zero attached hydrogens (tertiary/aromatic N) is 1. The summed E-state index contributed by atoms with van der Waals surface area (Å²) >= 11 is 5.26. The van der Waals surface area contributed by atoms with Crippen molar-refractivity contribution in [2.45, 2.75) is 39.2 Å². The molecule has 2 heterocycles. The molecule has 7 heteroatoms. The number of nitrogens with one attached hydrogen (secondary N) is 1. The Balaban J connectivity index is 1.51. The highest BCUT2D eigenvalue weighted by Gasteiger charge is 2.21. The topological polar surface area (TPSA) is 64.2 Å². The summed E-state index contributed by atoms with van der Waals surface area (Å²) in [6.45, 7) is 2.49. The van der Waals surface area contributed by atoms with Gasteiger partial charge < -0.3 is 14.5 Å². The van der Waals surface area contributed by atoms with Gasteiger partial charge in [0.1, 0.15) is 17.3 Å². The van der Waals surface area contributed by atoms with Crippen molar-refractivity contribution in [2.24, 2.45) is 0 Å². The number of hydrogen-bond acceptors (Lipinski definition) is 5. The first-order valence-electron chi connectivity index (χ1n) is 10.6. The highest BCUT2D eigenvalue weighted by atomic mass is 79.9. The molecule has 1 aliphatic rings. The number of halogens is 1. The minimum absolute atomic E-state index is 0.0701. The Morgan fingerprint density at radius 1 is 1.19 bits per heavy atom. The van der Waals surface area contributed by atoms with Crippen molar-refractivity contribution in [3.63, 3.8) is 0 Å². The maximum atomic E-state index is 12.9. The first kappa shape index (κ1) is 21.2. The second-order valence-electron chi connectivity index (χ2n) is 8.07. The fraction of sp³-hybridized carbons (Fsp3) is 0.280. The maximum absolute atomic E-state index is 12.9. The van der Waals surface area contributed by atoms with Crippen molar-refractivity contribution in [1.29, 1.82) is 0 Å². The third-order valence-corrected chi connectivity index (χ3v) is 7.57. The van der Waals surface area contributed by atoms with Crippen molar-refractivity contribution in [3.8, 4) is 22.9 Å². The predicted molar refractivity (Wildman–Crippen MR) is 132 cm³/mol. The highest BCUT2D eigenvalue weighted by Crippen LogP contribution is 2.40. The minimum atomic E-state index is -0.0701. The number of aromatic amines is 1. The molecule has 2 aromatic carbocycles. The molecule has 164 valence electrons. The van der Waals surface area contributed by atoms with E-state index in [2.05, 4.69) is 40.0 Å². The number of benzene rings is 2. The molecule has 0 amide bonds. The molecule has 1 N–H and O–H groups in total. The van der Waals surface area contributed by atoms with E-state index >= 15 is 0 Å². The van der Waals surface area contributed by atoms with Crippen LogP contribution in [0.4, 0.5) is 0 Å². The lowest BCUT2D eigenvalue weighted by Gasteiger charge is -2.14. The molecule has 5 rings (SSSR count). The number of methoxy groups -OCH3 is 1. The summed E-state index contributed by atoms with van der Waals surface area (Å²) in [6, 6.07) is 12.0. The van der Waals surface area contributed by atoms with Gasteiger partial charge in [-0.3, -0.25) is 4.79 Å². The molecule has 0 fully saturated rings. The number of aromatic nitrogens is 2. The Kier molecular flexibility index (Phi) is 5.78. The standard InChI is InChI=1S/C25H23BrN2O3S/c1-14-6-5-7-15(10-14)13-31-22-18(26)11-16(12-19(22)30-2)23-27-24(29)21-17-8-3-4-9-20(17)32-25(21)28-23/h5-7,10-12H,3-4,8-9,13H2,1-2H3,(H,27,28,29). The molecule has 0 spiro atoms. The first-order chi connectivity index (χ1) is 15.5. The van der Waals surface area contributed by atoms with Crippen LogP contribution in [0.5, 0.6) is 11.5 Å². The number of hydrogen-bond donors (Lipinski definition) is 1. The SMILES string of the molecule is COc1cc(-c2nc3sc4c(c3c(=O)[nH]2)CCCC4)cc(Br)c1OCc1cccc(C)c1. The number of fused-ring (bicyclic) bond motifs is 3. The van der Waals surface area contributed by atoms with Crippen LogP contribution in [0.25, 0.3) is 21.6 Å². The van der Waals surface area contributed by atoms with Crippen molar-refractivity contribution < 1.29 is 9.47 Å². The Morgan fingerprint density at radius 3 is 2.84 bits per heavy atom. The third-order valence-electron chi connectivity index (χ3n) is 5.79. The fourth-order valence-corrected chi connectivity index (χ4v) is 6.07. The largest absolute Gasteiger partial charge is 0.493 e. The molecule has 0 saturated heterocycles. The third kappa shape index (κ3) is 3.95. The van der Waals surface area contributed by atoms with E-state index in [1.54, 1.807) is 18.4 Å². The van der Waals surface area contributed by atoms with Gasteiger partial charge in [0.25, 0.3) is 5.56 Å². The van der Waals surface area contributed by atoms with E-state index in [9.17, 15) is 4.79 Å². The number of aryl methyl sites for hydroxylation is 3. The molecule has 0 aliphatic heterocycles. The van der Waals surface area contributed by atoms with E-state index in [-0.39, 0.29) is 5.56 Å². The Hall–Kier alpha value is -2.64. The van der Waals surface area contributed by atoms with Crippen molar-refractivity contribution in [1.82, 2.24) is 9.97 Å². The highest BCUT2D eigenvalue weighted by molar-refractivity contribution is 9.10. The Labute approximate surface area is 198 Å². The van der Waals surface area contributed by atoms with E-state index in [0.29, 0.717) is 23.9 Å². The fourth-order valence-electron chi connectivity index (χ4n) is 4.25. The summed E-state index contributed by atoms with van der Waals surface area (Å²) in [7, 11) is 1.61. The second kappa shape index (κ2) is 8.71. The molecule has 0 atom stereocenters. The lowest BCUT2D eigenvalue weighted by molar-refractivity contribution is 0.282. The molecule has 1 aliphatic carbocycles. The maximum Gasteiger partial charge on any atom is 0.260 e. The molecule has 0 unspecified atom stereocenters. The summed E-state index contributed by atoms with van der Waals surface area (Å²) in [5, 5.41) is 0.762. The zero-order valence-corrected chi connectivity index (χ0v) is 20.4. The molecule has 32 heavy (non-hydrogen) atoms. The van der Waals surface area contributed by atoms with Crippen LogP contribution >= 0.6 is 27.3 Å². The lowest BCUT2D eigenvalue weighted by Crippen LogP contribution is -2.11. The van der Waals surface area contributed by atoms with E-state index in [1.807, 2.05) is 24.3 Å². The van der Waals surface area contributed by atoms with Gasteiger partial charge in [0.2, 0.25) is 0 Å². The lowest BCUT2D eigenvalue weighted by atomic mass is 9.97. The van der Waals surface area contributed by atoms with Gasteiger partial charge in [0.05, 0.1) is 17.0 Å². The summed E-state index contributed by atoms with van der Waals surface area (Å²) in [4.78, 5) is 22.9. The van der Waals surface area contributed by atoms with Crippen LogP contribution in [0.1, 0.15) is 34.4 Å². The van der Waals surface area contributed by atoms with Gasteiger partial charge in [-0.05, 0) is 71.8 Å². The van der Waals surface area contributed by atoms with E-state index < -0.39 is 0 Å². The van der Waals surface area contributed by atoms with Gasteiger partial charge >= 0.3 is 0 Å². The molecule has 0 bridgehead atoms. The molecule has 0 saturated carbocycles. The second-order valence-corrected chi connectivity index (χ2v) is 10.0. The zero-order valence-electron chi connectivity index (χ0n) is 18.0. The van der Waals surface area contributed by atoms with Crippen molar-refractivity contribution in [3.05, 3.63) is 72.8 Å². The van der Waals surface area contributed by atoms with Crippen LogP contribution in [0.3, 0.4) is 0 Å². The Morgan fingerprint density at radius 2 is 2.03 bits per heavy atom. The van der Waals surface area contributed by atoms with Crippen LogP contribution in [-0.4, -0.2) is 17.1 Å².